The van der Waals surface area contributed by atoms with E-state index in [1.54, 1.807) is 0 Å². The number of pyridine rings is 1. The summed E-state index contributed by atoms with van der Waals surface area (Å²) >= 11 is 0. The van der Waals surface area contributed by atoms with Crippen molar-refractivity contribution in [3.8, 4) is 0 Å². The summed E-state index contributed by atoms with van der Waals surface area (Å²) in [6.07, 6.45) is 5.79. The minimum absolute atomic E-state index is 0.322. The molecule has 2 heterocycles. The summed E-state index contributed by atoms with van der Waals surface area (Å²) in [6, 6.07) is 6.63. The molecule has 0 bridgehead atoms. The lowest BCUT2D eigenvalue weighted by Gasteiger charge is -2.21. The summed E-state index contributed by atoms with van der Waals surface area (Å²) in [5.41, 5.74) is 2.26. The number of aromatic nitrogens is 3. The predicted octanol–water partition coefficient (Wildman–Crippen LogP) is 2.33. The van der Waals surface area contributed by atoms with Gasteiger partial charge in [0.2, 0.25) is 0 Å². The van der Waals surface area contributed by atoms with E-state index >= 15 is 0 Å². The molecular formula is C14H20N4. The van der Waals surface area contributed by atoms with Crippen molar-refractivity contribution < 1.29 is 0 Å². The Bertz CT molecular complexity index is 478. The lowest BCUT2D eigenvalue weighted by Crippen LogP contribution is -2.33. The molecule has 0 fully saturated rings. The van der Waals surface area contributed by atoms with Crippen LogP contribution in [0.15, 0.2) is 36.8 Å². The van der Waals surface area contributed by atoms with Gasteiger partial charge in [-0.2, -0.15) is 5.10 Å². The van der Waals surface area contributed by atoms with Gasteiger partial charge in [-0.05, 0) is 38.5 Å². The Morgan fingerprint density at radius 3 is 2.78 bits per heavy atom. The van der Waals surface area contributed by atoms with Crippen LogP contribution >= 0.6 is 0 Å². The summed E-state index contributed by atoms with van der Waals surface area (Å²) in [4.78, 5) is 4.30. The number of hydrogen-bond acceptors (Lipinski definition) is 3. The van der Waals surface area contributed by atoms with Crippen LogP contribution in [0.3, 0.4) is 0 Å². The van der Waals surface area contributed by atoms with Crippen LogP contribution in [0.4, 0.5) is 0 Å². The lowest BCUT2D eigenvalue weighted by atomic mass is 10.1. The maximum Gasteiger partial charge on any atom is 0.0641 e. The largest absolute Gasteiger partial charge is 0.307 e. The van der Waals surface area contributed by atoms with Crippen LogP contribution in [0, 0.1) is 6.92 Å². The third-order valence-electron chi connectivity index (χ3n) is 3.20. The Morgan fingerprint density at radius 2 is 2.17 bits per heavy atom. The van der Waals surface area contributed by atoms with Crippen LogP contribution < -0.4 is 5.32 Å². The van der Waals surface area contributed by atoms with Crippen molar-refractivity contribution in [1.82, 2.24) is 20.1 Å². The number of rotatable bonds is 5. The molecule has 0 unspecified atom stereocenters. The second-order valence-electron chi connectivity index (χ2n) is 4.73. The zero-order valence-electron chi connectivity index (χ0n) is 11.2. The molecule has 0 spiro atoms. The van der Waals surface area contributed by atoms with Gasteiger partial charge in [-0.15, -0.1) is 0 Å². The maximum absolute atomic E-state index is 4.35. The van der Waals surface area contributed by atoms with E-state index in [-0.39, 0.29) is 0 Å². The van der Waals surface area contributed by atoms with Crippen molar-refractivity contribution in [3.63, 3.8) is 0 Å². The molecule has 18 heavy (non-hydrogen) atoms. The predicted molar refractivity (Wildman–Crippen MR) is 72.2 cm³/mol. The molecule has 2 rings (SSSR count). The van der Waals surface area contributed by atoms with Crippen LogP contribution in [-0.2, 0) is 6.54 Å². The molecule has 0 radical (unpaired) electrons. The summed E-state index contributed by atoms with van der Waals surface area (Å²) in [6.45, 7) is 7.18. The van der Waals surface area contributed by atoms with E-state index in [2.05, 4.69) is 42.4 Å². The zero-order valence-corrected chi connectivity index (χ0v) is 11.2. The minimum Gasteiger partial charge on any atom is -0.307 e. The Labute approximate surface area is 108 Å². The van der Waals surface area contributed by atoms with E-state index in [4.69, 9.17) is 0 Å². The van der Waals surface area contributed by atoms with Gasteiger partial charge in [0.25, 0.3) is 0 Å². The standard InChI is InChI=1S/C14H20N4/c1-11-8-17-18(10-11)13(3)12(2)16-9-14-6-4-5-7-15-14/h4-8,10,12-13,16H,9H2,1-3H3/t12-,13-/m0/s1. The molecule has 0 saturated heterocycles. The van der Waals surface area contributed by atoms with Crippen LogP contribution in [0.2, 0.25) is 0 Å². The fraction of sp³-hybridized carbons (Fsp3) is 0.429. The Morgan fingerprint density at radius 1 is 1.33 bits per heavy atom. The third kappa shape index (κ3) is 3.17. The Balaban J connectivity index is 1.90. The number of aryl methyl sites for hydroxylation is 1. The van der Waals surface area contributed by atoms with Crippen molar-refractivity contribution in [1.29, 1.82) is 0 Å². The fourth-order valence-electron chi connectivity index (χ4n) is 1.82. The summed E-state index contributed by atoms with van der Waals surface area (Å²) in [5, 5.41) is 7.84. The molecule has 2 aromatic heterocycles. The van der Waals surface area contributed by atoms with Gasteiger partial charge in [-0.1, -0.05) is 6.07 Å². The van der Waals surface area contributed by atoms with Gasteiger partial charge in [-0.3, -0.25) is 9.67 Å². The molecule has 1 N–H and O–H groups in total. The molecule has 0 aliphatic heterocycles. The summed E-state index contributed by atoms with van der Waals surface area (Å²) < 4.78 is 2.01. The number of nitrogens with one attached hydrogen (secondary N) is 1. The van der Waals surface area contributed by atoms with E-state index in [9.17, 15) is 0 Å². The van der Waals surface area contributed by atoms with E-state index < -0.39 is 0 Å². The molecule has 96 valence electrons. The normalized spacial score (nSPS) is 14.4. The first-order valence-electron chi connectivity index (χ1n) is 6.31. The van der Waals surface area contributed by atoms with Crippen molar-refractivity contribution in [2.45, 2.75) is 39.4 Å². The van der Waals surface area contributed by atoms with Crippen molar-refractivity contribution in [2.75, 3.05) is 0 Å². The number of nitrogens with zero attached hydrogens (tertiary/aromatic N) is 3. The van der Waals surface area contributed by atoms with Crippen LogP contribution in [-0.4, -0.2) is 20.8 Å². The van der Waals surface area contributed by atoms with E-state index in [1.807, 2.05) is 35.3 Å². The first-order valence-corrected chi connectivity index (χ1v) is 6.31. The fourth-order valence-corrected chi connectivity index (χ4v) is 1.82. The second kappa shape index (κ2) is 5.78. The highest BCUT2D eigenvalue weighted by molar-refractivity contribution is 5.04. The lowest BCUT2D eigenvalue weighted by molar-refractivity contribution is 0.363. The highest BCUT2D eigenvalue weighted by Crippen LogP contribution is 2.11. The Kier molecular flexibility index (Phi) is 4.10. The topological polar surface area (TPSA) is 42.7 Å². The highest BCUT2D eigenvalue weighted by atomic mass is 15.3. The SMILES string of the molecule is Cc1cnn([C@@H](C)[C@H](C)NCc2ccccn2)c1. The second-order valence-corrected chi connectivity index (χ2v) is 4.73. The monoisotopic (exact) mass is 244 g/mol. The molecule has 0 aliphatic rings. The van der Waals surface area contributed by atoms with Gasteiger partial charge in [0.05, 0.1) is 17.9 Å². The van der Waals surface area contributed by atoms with Crippen molar-refractivity contribution >= 4 is 0 Å². The van der Waals surface area contributed by atoms with Gasteiger partial charge in [-0.25, -0.2) is 0 Å². The molecule has 0 aliphatic carbocycles. The van der Waals surface area contributed by atoms with Crippen LogP contribution in [0.1, 0.15) is 31.1 Å². The van der Waals surface area contributed by atoms with Crippen LogP contribution in [0.5, 0.6) is 0 Å². The van der Waals surface area contributed by atoms with Gasteiger partial charge >= 0.3 is 0 Å². The molecule has 2 aromatic rings. The number of hydrogen-bond donors (Lipinski definition) is 1. The molecule has 0 aromatic carbocycles. The first-order chi connectivity index (χ1) is 8.66. The van der Waals surface area contributed by atoms with E-state index in [0.29, 0.717) is 12.1 Å². The molecule has 4 heteroatoms. The summed E-state index contributed by atoms with van der Waals surface area (Å²) in [7, 11) is 0. The van der Waals surface area contributed by atoms with Gasteiger partial charge in [0.1, 0.15) is 0 Å². The van der Waals surface area contributed by atoms with E-state index in [0.717, 1.165) is 12.2 Å². The Hall–Kier alpha value is -1.68. The summed E-state index contributed by atoms with van der Waals surface area (Å²) in [5.74, 6) is 0. The smallest absolute Gasteiger partial charge is 0.0641 e. The molecule has 0 amide bonds. The maximum atomic E-state index is 4.35. The van der Waals surface area contributed by atoms with Crippen LogP contribution in [0.25, 0.3) is 0 Å². The van der Waals surface area contributed by atoms with Gasteiger partial charge < -0.3 is 5.32 Å². The highest BCUT2D eigenvalue weighted by Gasteiger charge is 2.14. The van der Waals surface area contributed by atoms with E-state index in [1.165, 1.54) is 5.56 Å². The molecule has 0 saturated carbocycles. The third-order valence-corrected chi connectivity index (χ3v) is 3.20. The minimum atomic E-state index is 0.322. The first kappa shape index (κ1) is 12.8. The molecule has 4 nitrogen and oxygen atoms in total. The van der Waals surface area contributed by atoms with Gasteiger partial charge in [0, 0.05) is 25.0 Å². The molecule has 2 atom stereocenters. The molecular weight excluding hydrogens is 224 g/mol. The quantitative estimate of drug-likeness (QED) is 0.877. The van der Waals surface area contributed by atoms with Crippen molar-refractivity contribution in [2.24, 2.45) is 0 Å². The van der Waals surface area contributed by atoms with Crippen molar-refractivity contribution in [3.05, 3.63) is 48.0 Å². The average Bonchev–Trinajstić information content (AvgIpc) is 2.83. The van der Waals surface area contributed by atoms with Gasteiger partial charge in [0.15, 0.2) is 0 Å². The zero-order chi connectivity index (χ0) is 13.0. The average molecular weight is 244 g/mol.